The number of benzene rings is 1. The molecule has 1 saturated heterocycles. The van der Waals surface area contributed by atoms with Gasteiger partial charge in [-0.1, -0.05) is 11.6 Å². The molecule has 2 aliphatic heterocycles. The predicted octanol–water partition coefficient (Wildman–Crippen LogP) is 1.57. The lowest BCUT2D eigenvalue weighted by Gasteiger charge is -2.31. The number of halogens is 1. The molecule has 3 rings (SSSR count). The number of hydrogen-bond acceptors (Lipinski definition) is 5. The number of fused-ring (bicyclic) bond motifs is 1. The average molecular weight is 342 g/mol. The summed E-state index contributed by atoms with van der Waals surface area (Å²) >= 11 is 6.24. The Morgan fingerprint density at radius 1 is 1.30 bits per heavy atom. The Bertz CT molecular complexity index is 580. The molecule has 2 aliphatic rings. The first kappa shape index (κ1) is 16.4. The number of hydrogen-bond donors (Lipinski definition) is 1. The highest BCUT2D eigenvalue weighted by molar-refractivity contribution is 6.31. The summed E-state index contributed by atoms with van der Waals surface area (Å²) < 4.78 is 21.7. The molecule has 0 bridgehead atoms. The molecule has 2 atom stereocenters. The van der Waals surface area contributed by atoms with Crippen molar-refractivity contribution >= 4 is 17.5 Å². The molecule has 1 aromatic rings. The first-order valence-corrected chi connectivity index (χ1v) is 8.03. The Kier molecular flexibility index (Phi) is 5.25. The van der Waals surface area contributed by atoms with Gasteiger partial charge in [-0.3, -0.25) is 4.79 Å². The van der Waals surface area contributed by atoms with Gasteiger partial charge in [0.25, 0.3) is 0 Å². The van der Waals surface area contributed by atoms with Crippen LogP contribution in [0.2, 0.25) is 5.02 Å². The van der Waals surface area contributed by atoms with Gasteiger partial charge in [-0.25, -0.2) is 0 Å². The number of ether oxygens (including phenoxy) is 4. The smallest absolute Gasteiger partial charge is 0.224 e. The molecular weight excluding hydrogens is 322 g/mol. The van der Waals surface area contributed by atoms with Gasteiger partial charge in [0.15, 0.2) is 11.5 Å². The Labute approximate surface area is 140 Å². The minimum absolute atomic E-state index is 0.0442. The number of methoxy groups -OCH3 is 1. The van der Waals surface area contributed by atoms with Crippen LogP contribution in [-0.4, -0.2) is 51.6 Å². The van der Waals surface area contributed by atoms with E-state index in [4.69, 9.17) is 30.5 Å². The van der Waals surface area contributed by atoms with Gasteiger partial charge in [-0.2, -0.15) is 0 Å². The Hall–Kier alpha value is -1.50. The van der Waals surface area contributed by atoms with E-state index < -0.39 is 0 Å². The van der Waals surface area contributed by atoms with Gasteiger partial charge in [-0.05, 0) is 18.1 Å². The maximum absolute atomic E-state index is 12.3. The third kappa shape index (κ3) is 3.88. The summed E-state index contributed by atoms with van der Waals surface area (Å²) in [5.41, 5.74) is 0.717. The highest BCUT2D eigenvalue weighted by Gasteiger charge is 2.27. The van der Waals surface area contributed by atoms with Gasteiger partial charge in [-0.15, -0.1) is 0 Å². The third-order valence-corrected chi connectivity index (χ3v) is 4.37. The van der Waals surface area contributed by atoms with Gasteiger partial charge >= 0.3 is 0 Å². The van der Waals surface area contributed by atoms with Crippen LogP contribution in [0.5, 0.6) is 11.5 Å². The maximum atomic E-state index is 12.3. The minimum atomic E-state index is -0.122. The fraction of sp³-hybridized carbons (Fsp3) is 0.562. The van der Waals surface area contributed by atoms with Gasteiger partial charge in [0.2, 0.25) is 5.91 Å². The molecule has 1 fully saturated rings. The minimum Gasteiger partial charge on any atom is -0.486 e. The lowest BCUT2D eigenvalue weighted by molar-refractivity contribution is -0.124. The quantitative estimate of drug-likeness (QED) is 0.900. The molecule has 1 amide bonds. The van der Waals surface area contributed by atoms with Crippen LogP contribution in [-0.2, 0) is 20.7 Å². The monoisotopic (exact) mass is 341 g/mol. The largest absolute Gasteiger partial charge is 0.486 e. The summed E-state index contributed by atoms with van der Waals surface area (Å²) in [5, 5.41) is 3.50. The van der Waals surface area contributed by atoms with E-state index in [1.807, 2.05) is 0 Å². The number of amides is 1. The van der Waals surface area contributed by atoms with Crippen LogP contribution in [0.1, 0.15) is 12.0 Å². The van der Waals surface area contributed by atoms with Crippen molar-refractivity contribution in [2.24, 2.45) is 0 Å². The van der Waals surface area contributed by atoms with Crippen LogP contribution in [0.15, 0.2) is 12.1 Å². The summed E-state index contributed by atoms with van der Waals surface area (Å²) in [6.45, 7) is 2.12. The molecule has 1 N–H and O–H groups in total. The highest BCUT2D eigenvalue weighted by atomic mass is 35.5. The summed E-state index contributed by atoms with van der Waals surface area (Å²) in [6, 6.07) is 3.43. The van der Waals surface area contributed by atoms with Crippen LogP contribution < -0.4 is 14.8 Å². The Morgan fingerprint density at radius 2 is 2.04 bits per heavy atom. The highest BCUT2D eigenvalue weighted by Crippen LogP contribution is 2.35. The fourth-order valence-corrected chi connectivity index (χ4v) is 3.00. The molecule has 0 spiro atoms. The topological polar surface area (TPSA) is 66.0 Å². The second-order valence-corrected chi connectivity index (χ2v) is 5.98. The lowest BCUT2D eigenvalue weighted by atomic mass is 10.0. The Balaban J connectivity index is 1.65. The van der Waals surface area contributed by atoms with E-state index in [0.29, 0.717) is 42.9 Å². The van der Waals surface area contributed by atoms with Crippen molar-refractivity contribution in [2.45, 2.75) is 25.0 Å². The van der Waals surface area contributed by atoms with Crippen LogP contribution in [0, 0.1) is 0 Å². The van der Waals surface area contributed by atoms with Crippen LogP contribution in [0.3, 0.4) is 0 Å². The first-order valence-electron chi connectivity index (χ1n) is 7.65. The zero-order chi connectivity index (χ0) is 16.2. The molecule has 0 aliphatic carbocycles. The van der Waals surface area contributed by atoms with Crippen molar-refractivity contribution in [1.82, 2.24) is 5.32 Å². The van der Waals surface area contributed by atoms with Crippen molar-refractivity contribution in [3.05, 3.63) is 22.7 Å². The van der Waals surface area contributed by atoms with Crippen molar-refractivity contribution in [3.63, 3.8) is 0 Å². The van der Waals surface area contributed by atoms with Crippen LogP contribution >= 0.6 is 11.6 Å². The number of carbonyl (C=O) groups is 1. The van der Waals surface area contributed by atoms with E-state index in [9.17, 15) is 4.79 Å². The molecule has 6 nitrogen and oxygen atoms in total. The second-order valence-electron chi connectivity index (χ2n) is 5.58. The lowest BCUT2D eigenvalue weighted by Crippen LogP contribution is -2.50. The van der Waals surface area contributed by atoms with Crippen molar-refractivity contribution < 1.29 is 23.7 Å². The average Bonchev–Trinajstić information content (AvgIpc) is 2.56. The molecule has 0 aromatic heterocycles. The van der Waals surface area contributed by atoms with Crippen molar-refractivity contribution in [1.29, 1.82) is 0 Å². The van der Waals surface area contributed by atoms with E-state index in [-0.39, 0.29) is 24.5 Å². The van der Waals surface area contributed by atoms with Gasteiger partial charge in [0.05, 0.1) is 19.1 Å². The molecule has 0 radical (unpaired) electrons. The summed E-state index contributed by atoms with van der Waals surface area (Å²) in [6.07, 6.45) is 0.797. The summed E-state index contributed by atoms with van der Waals surface area (Å²) in [4.78, 5) is 12.3. The van der Waals surface area contributed by atoms with E-state index in [2.05, 4.69) is 5.32 Å². The van der Waals surface area contributed by atoms with E-state index in [1.54, 1.807) is 19.2 Å². The molecule has 2 unspecified atom stereocenters. The number of rotatable bonds is 4. The van der Waals surface area contributed by atoms with Crippen molar-refractivity contribution in [3.8, 4) is 11.5 Å². The van der Waals surface area contributed by atoms with Crippen LogP contribution in [0.4, 0.5) is 0 Å². The maximum Gasteiger partial charge on any atom is 0.224 e. The third-order valence-electron chi connectivity index (χ3n) is 4.02. The van der Waals surface area contributed by atoms with Crippen LogP contribution in [0.25, 0.3) is 0 Å². The standard InChI is InChI=1S/C16H20ClNO5/c1-20-15-9-21-3-2-12(15)18-16(19)7-10-6-13-14(8-11(10)17)23-5-4-22-13/h6,8,12,15H,2-5,7,9H2,1H3,(H,18,19). The number of nitrogens with one attached hydrogen (secondary N) is 1. The van der Waals surface area contributed by atoms with E-state index in [0.717, 1.165) is 12.0 Å². The Morgan fingerprint density at radius 3 is 2.78 bits per heavy atom. The molecule has 0 saturated carbocycles. The number of carbonyl (C=O) groups excluding carboxylic acids is 1. The van der Waals surface area contributed by atoms with Gasteiger partial charge < -0.3 is 24.3 Å². The molecular formula is C16H20ClNO5. The van der Waals surface area contributed by atoms with E-state index >= 15 is 0 Å². The first-order chi connectivity index (χ1) is 11.2. The fourth-order valence-electron chi connectivity index (χ4n) is 2.78. The molecule has 23 heavy (non-hydrogen) atoms. The second kappa shape index (κ2) is 7.38. The SMILES string of the molecule is COC1COCCC1NC(=O)Cc1cc2c(cc1Cl)OCCO2. The zero-order valence-corrected chi connectivity index (χ0v) is 13.7. The molecule has 126 valence electrons. The molecule has 2 heterocycles. The van der Waals surface area contributed by atoms with Crippen molar-refractivity contribution in [2.75, 3.05) is 33.5 Å². The summed E-state index contributed by atoms with van der Waals surface area (Å²) in [5.74, 6) is 1.15. The summed E-state index contributed by atoms with van der Waals surface area (Å²) in [7, 11) is 1.62. The molecule has 1 aromatic carbocycles. The normalized spacial score (nSPS) is 23.4. The van der Waals surface area contributed by atoms with Gasteiger partial charge in [0, 0.05) is 24.8 Å². The van der Waals surface area contributed by atoms with Gasteiger partial charge in [0.1, 0.15) is 19.3 Å². The zero-order valence-electron chi connectivity index (χ0n) is 13.0. The predicted molar refractivity (Wildman–Crippen MR) is 84.3 cm³/mol. The molecule has 7 heteroatoms. The van der Waals surface area contributed by atoms with E-state index in [1.165, 1.54) is 0 Å².